The third kappa shape index (κ3) is 2.63. The molecule has 0 saturated carbocycles. The van der Waals surface area contributed by atoms with Crippen LogP contribution in [0, 0.1) is 0 Å². The fraction of sp³-hybridized carbons (Fsp3) is 0.545. The van der Waals surface area contributed by atoms with E-state index in [4.69, 9.17) is 21.8 Å². The zero-order chi connectivity index (χ0) is 16.8. The van der Waals surface area contributed by atoms with E-state index in [1.165, 1.54) is 6.33 Å². The molecule has 0 amide bonds. The summed E-state index contributed by atoms with van der Waals surface area (Å²) < 4.78 is 37.8. The zero-order valence-corrected chi connectivity index (χ0v) is 10.6. The topological polar surface area (TPSA) is 76.0 Å². The summed E-state index contributed by atoms with van der Waals surface area (Å²) in [5.41, 5.74) is -0.547. The molecule has 3 rings (SSSR count). The molecule has 0 spiro atoms. The molecule has 2 aromatic heterocycles. The Bertz CT molecular complexity index is 792. The average molecular weight is 288 g/mol. The van der Waals surface area contributed by atoms with Gasteiger partial charge in [0.05, 0.1) is 25.0 Å². The molecule has 102 valence electrons. The lowest BCUT2D eigenvalue weighted by atomic mass is 10.4. The van der Waals surface area contributed by atoms with E-state index in [-0.39, 0.29) is 36.1 Å². The van der Waals surface area contributed by atoms with E-state index in [0.29, 0.717) is 6.54 Å². The van der Waals surface area contributed by atoms with Gasteiger partial charge < -0.3 is 9.30 Å². The van der Waals surface area contributed by atoms with Crippen molar-refractivity contribution in [1.29, 1.82) is 0 Å². The van der Waals surface area contributed by atoms with Crippen molar-refractivity contribution < 1.29 is 10.2 Å². The Morgan fingerprint density at radius 1 is 1.63 bits per heavy atom. The molecule has 8 heteroatoms. The molecule has 1 N–H and O–H groups in total. The van der Waals surface area contributed by atoms with Gasteiger partial charge in [0.1, 0.15) is 0 Å². The molecule has 1 aliphatic rings. The molecule has 0 aromatic carbocycles. The number of rotatable bonds is 3. The first kappa shape index (κ1) is 8.68. The summed E-state index contributed by atoms with van der Waals surface area (Å²) in [4.78, 5) is 23.7. The van der Waals surface area contributed by atoms with Crippen molar-refractivity contribution in [2.45, 2.75) is 6.50 Å². The summed E-state index contributed by atoms with van der Waals surface area (Å²) in [7, 11) is 0. The van der Waals surface area contributed by atoms with E-state index in [2.05, 4.69) is 15.0 Å². The van der Waals surface area contributed by atoms with Crippen LogP contribution in [0.5, 0.6) is 0 Å². The summed E-state index contributed by atoms with van der Waals surface area (Å²) >= 11 is 5.66. The number of aromatic nitrogens is 4. The van der Waals surface area contributed by atoms with Gasteiger partial charge in [-0.25, -0.2) is 4.98 Å². The summed E-state index contributed by atoms with van der Waals surface area (Å²) in [5.74, 6) is 0. The second-order valence-corrected chi connectivity index (χ2v) is 4.36. The molecular weight excluding hydrogens is 270 g/mol. The van der Waals surface area contributed by atoms with Gasteiger partial charge in [-0.15, -0.1) is 0 Å². The number of ether oxygens (including phenoxy) is 1. The Morgan fingerprint density at radius 3 is 3.37 bits per heavy atom. The summed E-state index contributed by atoms with van der Waals surface area (Å²) in [6.45, 7) is -3.41. The van der Waals surface area contributed by atoms with Crippen molar-refractivity contribution in [2.24, 2.45) is 0 Å². The highest BCUT2D eigenvalue weighted by molar-refractivity contribution is 6.28. The fourth-order valence-corrected chi connectivity index (χ4v) is 1.97. The standard InChI is InChI=1S/C11H14ClN5O2/c12-11-14-9-8(10(18)15-11)17(7-13-9)2-1-16-3-5-19-6-4-16/h7H,1-6H2,(H,14,15,18)/i2D2,5D2. The molecule has 3 heterocycles. The van der Waals surface area contributed by atoms with Crippen LogP contribution in [0.15, 0.2) is 11.1 Å². The van der Waals surface area contributed by atoms with Gasteiger partial charge in [-0.3, -0.25) is 14.7 Å². The normalized spacial score (nSPS) is 23.6. The zero-order valence-electron chi connectivity index (χ0n) is 13.9. The maximum Gasteiger partial charge on any atom is 0.278 e. The van der Waals surface area contributed by atoms with Gasteiger partial charge in [0.2, 0.25) is 5.28 Å². The molecule has 0 atom stereocenters. The number of halogens is 1. The maximum absolute atomic E-state index is 12.0. The molecule has 19 heavy (non-hydrogen) atoms. The molecule has 0 bridgehead atoms. The number of nitrogens with zero attached hydrogens (tertiary/aromatic N) is 4. The summed E-state index contributed by atoms with van der Waals surface area (Å²) in [6.07, 6.45) is 1.19. The highest BCUT2D eigenvalue weighted by Crippen LogP contribution is 2.08. The van der Waals surface area contributed by atoms with Crippen LogP contribution >= 0.6 is 11.6 Å². The lowest BCUT2D eigenvalue weighted by Gasteiger charge is -2.26. The van der Waals surface area contributed by atoms with Gasteiger partial charge in [0.15, 0.2) is 11.2 Å². The van der Waals surface area contributed by atoms with Gasteiger partial charge in [-0.1, -0.05) is 0 Å². The number of hydrogen-bond donors (Lipinski definition) is 1. The number of fused-ring (bicyclic) bond motifs is 1. The van der Waals surface area contributed by atoms with Crippen LogP contribution in [0.3, 0.4) is 0 Å². The third-order valence-electron chi connectivity index (χ3n) is 2.75. The highest BCUT2D eigenvalue weighted by atomic mass is 35.5. The van der Waals surface area contributed by atoms with Crippen LogP contribution in [-0.4, -0.2) is 57.2 Å². The van der Waals surface area contributed by atoms with E-state index in [9.17, 15) is 4.79 Å². The average Bonchev–Trinajstić information content (AvgIpc) is 2.81. The Labute approximate surface area is 119 Å². The smallest absolute Gasteiger partial charge is 0.278 e. The largest absolute Gasteiger partial charge is 0.379 e. The SMILES string of the molecule is [2H]C1([2H])CN(CC([2H])([2H])n2cnc3nc(Cl)[nH]c(=O)c32)CCO1. The minimum atomic E-state index is -1.98. The molecule has 1 saturated heterocycles. The summed E-state index contributed by atoms with van der Waals surface area (Å²) in [6, 6.07) is 0. The first-order valence-electron chi connectivity index (χ1n) is 7.68. The third-order valence-corrected chi connectivity index (χ3v) is 2.93. The minimum Gasteiger partial charge on any atom is -0.379 e. The molecule has 2 aromatic rings. The lowest BCUT2D eigenvalue weighted by Crippen LogP contribution is -2.38. The lowest BCUT2D eigenvalue weighted by molar-refractivity contribution is 0.0365. The number of H-pyrrole nitrogens is 1. The second kappa shape index (κ2) is 5.28. The fourth-order valence-electron chi connectivity index (χ4n) is 1.80. The Balaban J connectivity index is 1.92. The molecule has 7 nitrogen and oxygen atoms in total. The summed E-state index contributed by atoms with van der Waals surface area (Å²) in [5, 5.41) is -0.116. The van der Waals surface area contributed by atoms with Crippen molar-refractivity contribution in [1.82, 2.24) is 24.4 Å². The van der Waals surface area contributed by atoms with E-state index < -0.39 is 18.6 Å². The van der Waals surface area contributed by atoms with Crippen LogP contribution in [0.1, 0.15) is 5.48 Å². The van der Waals surface area contributed by atoms with Crippen molar-refractivity contribution >= 4 is 22.8 Å². The van der Waals surface area contributed by atoms with Crippen LogP contribution in [0.2, 0.25) is 5.28 Å². The highest BCUT2D eigenvalue weighted by Gasteiger charge is 2.13. The molecular formula is C11H14ClN5O2. The Morgan fingerprint density at radius 2 is 2.53 bits per heavy atom. The van der Waals surface area contributed by atoms with Crippen LogP contribution in [-0.2, 0) is 11.2 Å². The first-order valence-corrected chi connectivity index (χ1v) is 6.05. The molecule has 0 unspecified atom stereocenters. The Hall–Kier alpha value is -1.44. The van der Waals surface area contributed by atoms with Crippen LogP contribution in [0.25, 0.3) is 11.2 Å². The monoisotopic (exact) mass is 287 g/mol. The van der Waals surface area contributed by atoms with Crippen molar-refractivity contribution in [3.05, 3.63) is 22.0 Å². The van der Waals surface area contributed by atoms with Gasteiger partial charge in [-0.05, 0) is 11.6 Å². The Kier molecular flexibility index (Phi) is 2.41. The minimum absolute atomic E-state index is 0.0179. The van der Waals surface area contributed by atoms with Crippen molar-refractivity contribution in [2.75, 3.05) is 32.8 Å². The van der Waals surface area contributed by atoms with Crippen molar-refractivity contribution in [3.63, 3.8) is 0 Å². The predicted molar refractivity (Wildman–Crippen MR) is 70.4 cm³/mol. The van der Waals surface area contributed by atoms with Crippen LogP contribution < -0.4 is 5.56 Å². The molecule has 0 aliphatic carbocycles. The number of imidazole rings is 1. The second-order valence-electron chi connectivity index (χ2n) is 4.01. The van der Waals surface area contributed by atoms with Gasteiger partial charge in [-0.2, -0.15) is 4.98 Å². The van der Waals surface area contributed by atoms with E-state index in [0.717, 1.165) is 4.57 Å². The van der Waals surface area contributed by atoms with E-state index >= 15 is 0 Å². The van der Waals surface area contributed by atoms with Gasteiger partial charge in [0, 0.05) is 26.1 Å². The molecule has 1 fully saturated rings. The van der Waals surface area contributed by atoms with Gasteiger partial charge in [0.25, 0.3) is 5.56 Å². The number of morpholine rings is 1. The predicted octanol–water partition coefficient (Wildman–Crippen LogP) is 0.105. The molecule has 1 aliphatic heterocycles. The first-order chi connectivity index (χ1) is 10.7. The van der Waals surface area contributed by atoms with Crippen molar-refractivity contribution in [3.8, 4) is 0 Å². The molecule has 0 radical (unpaired) electrons. The van der Waals surface area contributed by atoms with Gasteiger partial charge >= 0.3 is 0 Å². The quantitative estimate of drug-likeness (QED) is 0.811. The van der Waals surface area contributed by atoms with Crippen LogP contribution in [0.4, 0.5) is 0 Å². The number of hydrogen-bond acceptors (Lipinski definition) is 5. The maximum atomic E-state index is 12.0. The number of aromatic amines is 1. The van der Waals surface area contributed by atoms with E-state index in [1.807, 2.05) is 0 Å². The van der Waals surface area contributed by atoms with E-state index in [1.54, 1.807) is 4.90 Å². The number of nitrogens with one attached hydrogen (secondary N) is 1.